The average molecular weight is 234 g/mol. The summed E-state index contributed by atoms with van der Waals surface area (Å²) in [5, 5.41) is 0. The van der Waals surface area contributed by atoms with Gasteiger partial charge in [0.25, 0.3) is 0 Å². The van der Waals surface area contributed by atoms with E-state index in [2.05, 4.69) is 0 Å². The third-order valence-corrected chi connectivity index (χ3v) is 3.12. The zero-order chi connectivity index (χ0) is 12.1. The van der Waals surface area contributed by atoms with Crippen LogP contribution in [-0.2, 0) is 9.53 Å². The van der Waals surface area contributed by atoms with Crippen molar-refractivity contribution >= 4 is 5.97 Å². The van der Waals surface area contributed by atoms with Gasteiger partial charge in [-0.15, -0.1) is 0 Å². The minimum absolute atomic E-state index is 0.0143. The fourth-order valence-electron chi connectivity index (χ4n) is 2.19. The van der Waals surface area contributed by atoms with Crippen molar-refractivity contribution < 1.29 is 14.3 Å². The molecule has 3 nitrogen and oxygen atoms in total. The van der Waals surface area contributed by atoms with Crippen LogP contribution in [0, 0.1) is 0 Å². The molecule has 17 heavy (non-hydrogen) atoms. The van der Waals surface area contributed by atoms with Crippen molar-refractivity contribution in [2.75, 3.05) is 6.61 Å². The first-order chi connectivity index (χ1) is 8.18. The Morgan fingerprint density at radius 2 is 1.88 bits per heavy atom. The second-order valence-corrected chi connectivity index (χ2v) is 4.73. The minimum atomic E-state index is -0.279. The fraction of sp³-hybridized carbons (Fsp3) is 0.500. The first-order valence-corrected chi connectivity index (χ1v) is 6.08. The van der Waals surface area contributed by atoms with Gasteiger partial charge in [-0.2, -0.15) is 0 Å². The first kappa shape index (κ1) is 12.0. The standard InChI is InChI=1S/C14H18O3/c1-14(9-5-6-10-14)17-13(15)11-16-12-7-3-2-4-8-12/h2-4,7-8H,5-6,9-11H2,1H3. The van der Waals surface area contributed by atoms with Gasteiger partial charge in [0.15, 0.2) is 6.61 Å². The predicted octanol–water partition coefficient (Wildman–Crippen LogP) is 2.94. The summed E-state index contributed by atoms with van der Waals surface area (Å²) in [6, 6.07) is 9.30. The van der Waals surface area contributed by atoms with Crippen LogP contribution in [-0.4, -0.2) is 18.2 Å². The van der Waals surface area contributed by atoms with Gasteiger partial charge >= 0.3 is 5.97 Å². The van der Waals surface area contributed by atoms with E-state index in [1.807, 2.05) is 37.3 Å². The summed E-state index contributed by atoms with van der Waals surface area (Å²) in [5.74, 6) is 0.416. The number of hydrogen-bond donors (Lipinski definition) is 0. The lowest BCUT2D eigenvalue weighted by atomic mass is 10.1. The van der Waals surface area contributed by atoms with Crippen LogP contribution in [0.25, 0.3) is 0 Å². The maximum Gasteiger partial charge on any atom is 0.344 e. The second-order valence-electron chi connectivity index (χ2n) is 4.73. The number of carbonyl (C=O) groups excluding carboxylic acids is 1. The van der Waals surface area contributed by atoms with Crippen molar-refractivity contribution in [1.29, 1.82) is 0 Å². The molecule has 0 N–H and O–H groups in total. The van der Waals surface area contributed by atoms with Crippen LogP contribution in [0.4, 0.5) is 0 Å². The van der Waals surface area contributed by atoms with Crippen molar-refractivity contribution in [3.05, 3.63) is 30.3 Å². The van der Waals surface area contributed by atoms with Crippen LogP contribution in [0.3, 0.4) is 0 Å². The summed E-state index contributed by atoms with van der Waals surface area (Å²) in [4.78, 5) is 11.6. The van der Waals surface area contributed by atoms with Gasteiger partial charge in [-0.3, -0.25) is 0 Å². The second kappa shape index (κ2) is 5.21. The molecule has 1 aromatic rings. The molecule has 1 aliphatic rings. The monoisotopic (exact) mass is 234 g/mol. The summed E-state index contributed by atoms with van der Waals surface area (Å²) < 4.78 is 10.8. The highest BCUT2D eigenvalue weighted by Gasteiger charge is 2.32. The van der Waals surface area contributed by atoms with E-state index in [4.69, 9.17) is 9.47 Å². The Bertz CT molecular complexity index is 366. The molecule has 2 rings (SSSR count). The average Bonchev–Trinajstić information content (AvgIpc) is 2.74. The normalized spacial score (nSPS) is 17.7. The van der Waals surface area contributed by atoms with Gasteiger partial charge in [-0.1, -0.05) is 18.2 Å². The van der Waals surface area contributed by atoms with E-state index in [1.54, 1.807) is 0 Å². The molecule has 0 bridgehead atoms. The molecule has 3 heteroatoms. The predicted molar refractivity (Wildman–Crippen MR) is 64.9 cm³/mol. The van der Waals surface area contributed by atoms with E-state index in [0.29, 0.717) is 5.75 Å². The van der Waals surface area contributed by atoms with Gasteiger partial charge in [0, 0.05) is 0 Å². The van der Waals surface area contributed by atoms with Crippen molar-refractivity contribution in [2.45, 2.75) is 38.2 Å². The van der Waals surface area contributed by atoms with Crippen molar-refractivity contribution in [2.24, 2.45) is 0 Å². The quantitative estimate of drug-likeness (QED) is 0.751. The number of hydrogen-bond acceptors (Lipinski definition) is 3. The van der Waals surface area contributed by atoms with Crippen LogP contribution < -0.4 is 4.74 Å². The SMILES string of the molecule is CC1(OC(=O)COc2ccccc2)CCCC1. The molecule has 0 saturated heterocycles. The summed E-state index contributed by atoms with van der Waals surface area (Å²) >= 11 is 0. The van der Waals surface area contributed by atoms with Crippen LogP contribution in [0.5, 0.6) is 5.75 Å². The maximum absolute atomic E-state index is 11.6. The highest BCUT2D eigenvalue weighted by atomic mass is 16.6. The number of para-hydroxylation sites is 1. The molecular weight excluding hydrogens is 216 g/mol. The highest BCUT2D eigenvalue weighted by Crippen LogP contribution is 2.32. The van der Waals surface area contributed by atoms with E-state index in [-0.39, 0.29) is 18.2 Å². The maximum atomic E-state index is 11.6. The van der Waals surface area contributed by atoms with E-state index in [1.165, 1.54) is 0 Å². The largest absolute Gasteiger partial charge is 0.482 e. The zero-order valence-corrected chi connectivity index (χ0v) is 10.1. The highest BCUT2D eigenvalue weighted by molar-refractivity contribution is 5.71. The molecule has 0 spiro atoms. The Labute approximate surface area is 102 Å². The molecule has 0 aromatic heterocycles. The number of carbonyl (C=O) groups is 1. The van der Waals surface area contributed by atoms with E-state index >= 15 is 0 Å². The molecule has 0 amide bonds. The Hall–Kier alpha value is -1.51. The van der Waals surface area contributed by atoms with Crippen LogP contribution in [0.2, 0.25) is 0 Å². The summed E-state index contributed by atoms with van der Waals surface area (Å²) in [7, 11) is 0. The third-order valence-electron chi connectivity index (χ3n) is 3.12. The Balaban J connectivity index is 1.78. The van der Waals surface area contributed by atoms with E-state index < -0.39 is 0 Å². The van der Waals surface area contributed by atoms with Gasteiger partial charge in [-0.05, 0) is 44.7 Å². The number of ether oxygens (including phenoxy) is 2. The van der Waals surface area contributed by atoms with Crippen LogP contribution >= 0.6 is 0 Å². The smallest absolute Gasteiger partial charge is 0.344 e. The van der Waals surface area contributed by atoms with Crippen molar-refractivity contribution in [3.8, 4) is 5.75 Å². The lowest BCUT2D eigenvalue weighted by Gasteiger charge is -2.23. The molecule has 1 aliphatic carbocycles. The van der Waals surface area contributed by atoms with Gasteiger partial charge in [-0.25, -0.2) is 4.79 Å². The van der Waals surface area contributed by atoms with E-state index in [0.717, 1.165) is 25.7 Å². The Kier molecular flexibility index (Phi) is 3.67. The molecule has 0 heterocycles. The first-order valence-electron chi connectivity index (χ1n) is 6.08. The number of rotatable bonds is 4. The molecule has 0 unspecified atom stereocenters. The fourth-order valence-corrected chi connectivity index (χ4v) is 2.19. The minimum Gasteiger partial charge on any atom is -0.482 e. The molecule has 1 aromatic carbocycles. The Morgan fingerprint density at radius 3 is 2.53 bits per heavy atom. The molecular formula is C14H18O3. The molecule has 1 fully saturated rings. The summed E-state index contributed by atoms with van der Waals surface area (Å²) in [6.07, 6.45) is 4.21. The lowest BCUT2D eigenvalue weighted by Crippen LogP contribution is -2.30. The topological polar surface area (TPSA) is 35.5 Å². The molecule has 0 radical (unpaired) electrons. The van der Waals surface area contributed by atoms with Gasteiger partial charge in [0.05, 0.1) is 0 Å². The zero-order valence-electron chi connectivity index (χ0n) is 10.1. The summed E-state index contributed by atoms with van der Waals surface area (Å²) in [6.45, 7) is 1.99. The third kappa shape index (κ3) is 3.48. The number of benzene rings is 1. The Morgan fingerprint density at radius 1 is 1.24 bits per heavy atom. The van der Waals surface area contributed by atoms with Gasteiger partial charge < -0.3 is 9.47 Å². The number of esters is 1. The molecule has 0 atom stereocenters. The van der Waals surface area contributed by atoms with Crippen LogP contribution in [0.1, 0.15) is 32.6 Å². The van der Waals surface area contributed by atoms with E-state index in [9.17, 15) is 4.79 Å². The lowest BCUT2D eigenvalue weighted by molar-refractivity contribution is -0.159. The van der Waals surface area contributed by atoms with Gasteiger partial charge in [0.1, 0.15) is 11.4 Å². The molecule has 92 valence electrons. The molecule has 0 aliphatic heterocycles. The van der Waals surface area contributed by atoms with Crippen molar-refractivity contribution in [3.63, 3.8) is 0 Å². The molecule has 1 saturated carbocycles. The van der Waals surface area contributed by atoms with Crippen LogP contribution in [0.15, 0.2) is 30.3 Å². The summed E-state index contributed by atoms with van der Waals surface area (Å²) in [5.41, 5.74) is -0.267. The van der Waals surface area contributed by atoms with Gasteiger partial charge in [0.2, 0.25) is 0 Å². The van der Waals surface area contributed by atoms with Crippen molar-refractivity contribution in [1.82, 2.24) is 0 Å².